The van der Waals surface area contributed by atoms with Crippen molar-refractivity contribution in [1.29, 1.82) is 0 Å². The Balaban J connectivity index is 1.45. The number of nitrogens with one attached hydrogen (secondary N) is 2. The summed E-state index contributed by atoms with van der Waals surface area (Å²) in [4.78, 5) is 34.1. The summed E-state index contributed by atoms with van der Waals surface area (Å²) in [6, 6.07) is 4.02. The van der Waals surface area contributed by atoms with Crippen LogP contribution in [0, 0.1) is 11.8 Å². The van der Waals surface area contributed by atoms with Gasteiger partial charge in [0.05, 0.1) is 0 Å². The molecule has 2 saturated heterocycles. The molecule has 178 valence electrons. The summed E-state index contributed by atoms with van der Waals surface area (Å²) in [7, 11) is 0. The van der Waals surface area contributed by atoms with Crippen LogP contribution in [0.4, 0.5) is 0 Å². The Morgan fingerprint density at radius 2 is 2.00 bits per heavy atom. The second-order valence-electron chi connectivity index (χ2n) is 9.32. The van der Waals surface area contributed by atoms with Gasteiger partial charge in [0.2, 0.25) is 11.8 Å². The van der Waals surface area contributed by atoms with Crippen LogP contribution in [0.3, 0.4) is 0 Å². The van der Waals surface area contributed by atoms with Crippen LogP contribution in [0.25, 0.3) is 0 Å². The predicted octanol–water partition coefficient (Wildman–Crippen LogP) is 2.43. The predicted molar refractivity (Wildman–Crippen MR) is 127 cm³/mol. The second-order valence-corrected chi connectivity index (χ2v) is 9.32. The van der Waals surface area contributed by atoms with Gasteiger partial charge in [0, 0.05) is 50.9 Å². The molecule has 0 aliphatic carbocycles. The van der Waals surface area contributed by atoms with Crippen molar-refractivity contribution in [1.82, 2.24) is 25.4 Å². The van der Waals surface area contributed by atoms with Crippen LogP contribution in [0.5, 0.6) is 0 Å². The number of aromatic nitrogens is 1. The largest absolute Gasteiger partial charge is 0.356 e. The molecule has 7 heteroatoms. The number of hydrogen-bond acceptors (Lipinski definition) is 5. The van der Waals surface area contributed by atoms with Crippen molar-refractivity contribution in [3.05, 3.63) is 30.1 Å². The van der Waals surface area contributed by atoms with Crippen LogP contribution in [-0.4, -0.2) is 72.4 Å². The number of piperidine rings is 1. The van der Waals surface area contributed by atoms with Crippen molar-refractivity contribution in [2.45, 2.75) is 58.4 Å². The molecule has 1 unspecified atom stereocenters. The molecule has 0 radical (unpaired) electrons. The van der Waals surface area contributed by atoms with Crippen molar-refractivity contribution in [2.75, 3.05) is 45.8 Å². The number of pyridine rings is 1. The van der Waals surface area contributed by atoms with E-state index in [9.17, 15) is 9.59 Å². The van der Waals surface area contributed by atoms with E-state index in [-0.39, 0.29) is 17.7 Å². The Bertz CT molecular complexity index is 691. The molecule has 2 amide bonds. The maximum absolute atomic E-state index is 12.9. The summed E-state index contributed by atoms with van der Waals surface area (Å²) < 4.78 is 0. The fourth-order valence-corrected chi connectivity index (χ4v) is 4.86. The maximum Gasteiger partial charge on any atom is 0.223 e. The third kappa shape index (κ3) is 8.51. The Morgan fingerprint density at radius 3 is 2.75 bits per heavy atom. The first-order valence-corrected chi connectivity index (χ1v) is 12.5. The number of amides is 2. The molecule has 0 aromatic carbocycles. The molecule has 0 saturated carbocycles. The van der Waals surface area contributed by atoms with Gasteiger partial charge >= 0.3 is 0 Å². The molecule has 32 heavy (non-hydrogen) atoms. The maximum atomic E-state index is 12.9. The summed E-state index contributed by atoms with van der Waals surface area (Å²) in [5, 5.41) is 6.20. The standard InChI is InChI=1S/C25H41N5O2/c1-2-29-16-9-21(10-17-29)7-13-28-25(32)23-6-4-15-30(18-11-24(31)27-14-8-23)20-22-5-3-12-26-19-22/h3,5,12,19,21,23H,2,4,6-11,13-18,20H2,1H3,(H,27,31)(H,28,32). The lowest BCUT2D eigenvalue weighted by atomic mass is 9.93. The Kier molecular flexibility index (Phi) is 10.4. The summed E-state index contributed by atoms with van der Waals surface area (Å²) in [5.41, 5.74) is 1.15. The van der Waals surface area contributed by atoms with Gasteiger partial charge in [-0.05, 0) is 82.3 Å². The number of hydrogen-bond donors (Lipinski definition) is 2. The van der Waals surface area contributed by atoms with Gasteiger partial charge in [0.15, 0.2) is 0 Å². The summed E-state index contributed by atoms with van der Waals surface area (Å²) in [6.45, 7) is 9.50. The van der Waals surface area contributed by atoms with Gasteiger partial charge < -0.3 is 15.5 Å². The van der Waals surface area contributed by atoms with Crippen LogP contribution >= 0.6 is 0 Å². The number of nitrogens with zero attached hydrogens (tertiary/aromatic N) is 3. The highest BCUT2D eigenvalue weighted by Gasteiger charge is 2.22. The zero-order valence-corrected chi connectivity index (χ0v) is 19.7. The van der Waals surface area contributed by atoms with Crippen LogP contribution in [-0.2, 0) is 16.1 Å². The monoisotopic (exact) mass is 443 g/mol. The molecule has 0 spiro atoms. The van der Waals surface area contributed by atoms with Crippen molar-refractivity contribution in [2.24, 2.45) is 11.8 Å². The van der Waals surface area contributed by atoms with Crippen LogP contribution < -0.4 is 10.6 Å². The lowest BCUT2D eigenvalue weighted by Gasteiger charge is -2.31. The molecule has 2 aliphatic rings. The van der Waals surface area contributed by atoms with Gasteiger partial charge in [-0.1, -0.05) is 13.0 Å². The van der Waals surface area contributed by atoms with E-state index in [0.717, 1.165) is 69.9 Å². The Morgan fingerprint density at radius 1 is 1.16 bits per heavy atom. The third-order valence-electron chi connectivity index (χ3n) is 7.00. The second kappa shape index (κ2) is 13.5. The van der Waals surface area contributed by atoms with Gasteiger partial charge in [0.1, 0.15) is 0 Å². The first kappa shape index (κ1) is 24.6. The molecular weight excluding hydrogens is 402 g/mol. The summed E-state index contributed by atoms with van der Waals surface area (Å²) >= 11 is 0. The molecule has 1 aromatic rings. The number of likely N-dealkylation sites (tertiary alicyclic amines) is 1. The van der Waals surface area contributed by atoms with E-state index in [2.05, 4.69) is 38.4 Å². The highest BCUT2D eigenvalue weighted by Crippen LogP contribution is 2.20. The van der Waals surface area contributed by atoms with Crippen molar-refractivity contribution < 1.29 is 9.59 Å². The fourth-order valence-electron chi connectivity index (χ4n) is 4.86. The SMILES string of the molecule is CCN1CCC(CCNC(=O)C2CCCN(Cc3cccnc3)CCC(=O)NCC2)CC1. The van der Waals surface area contributed by atoms with Gasteiger partial charge in [-0.25, -0.2) is 0 Å². The minimum atomic E-state index is -0.0319. The van der Waals surface area contributed by atoms with Gasteiger partial charge in [-0.3, -0.25) is 19.5 Å². The van der Waals surface area contributed by atoms with Crippen LogP contribution in [0.15, 0.2) is 24.5 Å². The molecule has 3 heterocycles. The van der Waals surface area contributed by atoms with Crippen molar-refractivity contribution >= 4 is 11.8 Å². The lowest BCUT2D eigenvalue weighted by molar-refractivity contribution is -0.126. The zero-order chi connectivity index (χ0) is 22.6. The van der Waals surface area contributed by atoms with E-state index in [1.54, 1.807) is 6.20 Å². The van der Waals surface area contributed by atoms with Gasteiger partial charge in [-0.15, -0.1) is 0 Å². The average molecular weight is 444 g/mol. The molecule has 2 fully saturated rings. The molecule has 3 rings (SSSR count). The molecule has 2 aliphatic heterocycles. The van der Waals surface area contributed by atoms with E-state index in [0.29, 0.717) is 13.0 Å². The van der Waals surface area contributed by atoms with E-state index >= 15 is 0 Å². The molecular formula is C25H41N5O2. The quantitative estimate of drug-likeness (QED) is 0.677. The first-order valence-electron chi connectivity index (χ1n) is 12.5. The Labute approximate surface area is 193 Å². The lowest BCUT2D eigenvalue weighted by Crippen LogP contribution is -2.37. The van der Waals surface area contributed by atoms with Gasteiger partial charge in [-0.2, -0.15) is 0 Å². The fraction of sp³-hybridized carbons (Fsp3) is 0.720. The molecule has 2 N–H and O–H groups in total. The average Bonchev–Trinajstić information content (AvgIpc) is 2.86. The van der Waals surface area contributed by atoms with Crippen molar-refractivity contribution in [3.63, 3.8) is 0 Å². The van der Waals surface area contributed by atoms with Crippen LogP contribution in [0.1, 0.15) is 57.4 Å². The van der Waals surface area contributed by atoms with E-state index < -0.39 is 0 Å². The van der Waals surface area contributed by atoms with Crippen LogP contribution in [0.2, 0.25) is 0 Å². The van der Waals surface area contributed by atoms with E-state index in [1.807, 2.05) is 12.3 Å². The molecule has 7 nitrogen and oxygen atoms in total. The highest BCUT2D eigenvalue weighted by molar-refractivity contribution is 5.79. The zero-order valence-electron chi connectivity index (χ0n) is 19.7. The smallest absolute Gasteiger partial charge is 0.223 e. The molecule has 1 aromatic heterocycles. The third-order valence-corrected chi connectivity index (χ3v) is 7.00. The first-order chi connectivity index (χ1) is 15.6. The minimum absolute atomic E-state index is 0.0319. The number of carbonyl (C=O) groups is 2. The molecule has 1 atom stereocenters. The van der Waals surface area contributed by atoms with E-state index in [4.69, 9.17) is 0 Å². The highest BCUT2D eigenvalue weighted by atomic mass is 16.2. The topological polar surface area (TPSA) is 77.6 Å². The van der Waals surface area contributed by atoms with Crippen molar-refractivity contribution in [3.8, 4) is 0 Å². The minimum Gasteiger partial charge on any atom is -0.356 e. The van der Waals surface area contributed by atoms with Gasteiger partial charge in [0.25, 0.3) is 0 Å². The Hall–Kier alpha value is -1.99. The number of rotatable bonds is 7. The number of carbonyl (C=O) groups excluding carboxylic acids is 2. The van der Waals surface area contributed by atoms with E-state index in [1.165, 1.54) is 25.9 Å². The summed E-state index contributed by atoms with van der Waals surface area (Å²) in [5.74, 6) is 0.922. The normalized spacial score (nSPS) is 22.7. The molecule has 0 bridgehead atoms. The summed E-state index contributed by atoms with van der Waals surface area (Å²) in [6.07, 6.45) is 10.3.